The van der Waals surface area contributed by atoms with E-state index in [9.17, 15) is 14.0 Å². The topological polar surface area (TPSA) is 58.2 Å². The molecule has 1 saturated carbocycles. The number of hydrogen-bond acceptors (Lipinski definition) is 2. The standard InChI is InChI=1S/C22H25FN2O2/c23-20-11-4-3-7-17(20)12-13-21(26)24-15-16-6-5-10-19(14-16)25-22(27)18-8-1-2-9-18/h3-7,10-11,14,18H,1-2,8-9,12-13,15H2,(H,24,26)(H,25,27). The largest absolute Gasteiger partial charge is 0.352 e. The lowest BCUT2D eigenvalue weighted by molar-refractivity contribution is -0.121. The molecule has 0 heterocycles. The first-order chi connectivity index (χ1) is 13.1. The van der Waals surface area contributed by atoms with Gasteiger partial charge in [0, 0.05) is 24.6 Å². The van der Waals surface area contributed by atoms with E-state index in [0.717, 1.165) is 36.9 Å². The van der Waals surface area contributed by atoms with E-state index in [0.29, 0.717) is 18.5 Å². The molecular weight excluding hydrogens is 343 g/mol. The number of halogens is 1. The van der Waals surface area contributed by atoms with E-state index in [-0.39, 0.29) is 30.0 Å². The second-order valence-corrected chi connectivity index (χ2v) is 7.04. The van der Waals surface area contributed by atoms with Gasteiger partial charge in [-0.15, -0.1) is 0 Å². The van der Waals surface area contributed by atoms with E-state index in [1.54, 1.807) is 18.2 Å². The number of carbonyl (C=O) groups excluding carboxylic acids is 2. The summed E-state index contributed by atoms with van der Waals surface area (Å²) in [6.07, 6.45) is 4.77. The van der Waals surface area contributed by atoms with Crippen LogP contribution in [0.4, 0.5) is 10.1 Å². The monoisotopic (exact) mass is 368 g/mol. The third-order valence-electron chi connectivity index (χ3n) is 4.99. The molecule has 1 aliphatic carbocycles. The van der Waals surface area contributed by atoms with Gasteiger partial charge in [-0.1, -0.05) is 43.2 Å². The van der Waals surface area contributed by atoms with Crippen LogP contribution in [0, 0.1) is 11.7 Å². The van der Waals surface area contributed by atoms with Crippen LogP contribution in [0.2, 0.25) is 0 Å². The summed E-state index contributed by atoms with van der Waals surface area (Å²) < 4.78 is 13.6. The normalized spacial score (nSPS) is 14.1. The number of hydrogen-bond donors (Lipinski definition) is 2. The Balaban J connectivity index is 1.47. The Labute approximate surface area is 159 Å². The van der Waals surface area contributed by atoms with Gasteiger partial charge in [0.2, 0.25) is 11.8 Å². The SMILES string of the molecule is O=C(CCc1ccccc1F)NCc1cccc(NC(=O)C2CCCC2)c1. The average molecular weight is 368 g/mol. The number of benzene rings is 2. The molecule has 0 saturated heterocycles. The first kappa shape index (κ1) is 19.1. The van der Waals surface area contributed by atoms with Crippen LogP contribution < -0.4 is 10.6 Å². The Hall–Kier alpha value is -2.69. The van der Waals surface area contributed by atoms with Crippen LogP contribution in [0.1, 0.15) is 43.2 Å². The lowest BCUT2D eigenvalue weighted by atomic mass is 10.1. The molecule has 1 aliphatic rings. The van der Waals surface area contributed by atoms with Crippen molar-refractivity contribution in [1.82, 2.24) is 5.32 Å². The van der Waals surface area contributed by atoms with Crippen molar-refractivity contribution in [3.63, 3.8) is 0 Å². The van der Waals surface area contributed by atoms with Crippen molar-refractivity contribution in [3.05, 3.63) is 65.5 Å². The van der Waals surface area contributed by atoms with E-state index < -0.39 is 0 Å². The van der Waals surface area contributed by atoms with E-state index in [2.05, 4.69) is 10.6 Å². The Kier molecular flexibility index (Phi) is 6.58. The van der Waals surface area contributed by atoms with Gasteiger partial charge in [-0.2, -0.15) is 0 Å². The van der Waals surface area contributed by atoms with E-state index >= 15 is 0 Å². The fourth-order valence-electron chi connectivity index (χ4n) is 3.43. The van der Waals surface area contributed by atoms with Gasteiger partial charge in [-0.3, -0.25) is 9.59 Å². The van der Waals surface area contributed by atoms with Crippen LogP contribution in [-0.2, 0) is 22.6 Å². The zero-order valence-corrected chi connectivity index (χ0v) is 15.3. The molecule has 4 nitrogen and oxygen atoms in total. The Morgan fingerprint density at radius 1 is 1.04 bits per heavy atom. The highest BCUT2D eigenvalue weighted by atomic mass is 19.1. The van der Waals surface area contributed by atoms with Crippen LogP contribution in [0.15, 0.2) is 48.5 Å². The molecule has 2 N–H and O–H groups in total. The lowest BCUT2D eigenvalue weighted by Gasteiger charge is -2.12. The van der Waals surface area contributed by atoms with E-state index in [1.165, 1.54) is 6.07 Å². The van der Waals surface area contributed by atoms with E-state index in [1.807, 2.05) is 24.3 Å². The van der Waals surface area contributed by atoms with Crippen LogP contribution in [-0.4, -0.2) is 11.8 Å². The lowest BCUT2D eigenvalue weighted by Crippen LogP contribution is -2.23. The molecule has 0 radical (unpaired) electrons. The fourth-order valence-corrected chi connectivity index (χ4v) is 3.43. The minimum Gasteiger partial charge on any atom is -0.352 e. The maximum atomic E-state index is 13.6. The van der Waals surface area contributed by atoms with Crippen LogP contribution in [0.25, 0.3) is 0 Å². The number of carbonyl (C=O) groups is 2. The smallest absolute Gasteiger partial charge is 0.227 e. The number of aryl methyl sites for hydroxylation is 1. The minimum absolute atomic E-state index is 0.0820. The molecule has 0 unspecified atom stereocenters. The molecule has 0 atom stereocenters. The van der Waals surface area contributed by atoms with Gasteiger partial charge in [0.15, 0.2) is 0 Å². The first-order valence-electron chi connectivity index (χ1n) is 9.52. The van der Waals surface area contributed by atoms with Gasteiger partial charge in [-0.25, -0.2) is 4.39 Å². The Morgan fingerprint density at radius 2 is 1.81 bits per heavy atom. The van der Waals surface area contributed by atoms with Crippen molar-refractivity contribution in [2.24, 2.45) is 5.92 Å². The Morgan fingerprint density at radius 3 is 2.59 bits per heavy atom. The van der Waals surface area contributed by atoms with Crippen molar-refractivity contribution < 1.29 is 14.0 Å². The second-order valence-electron chi connectivity index (χ2n) is 7.04. The summed E-state index contributed by atoms with van der Waals surface area (Å²) in [5, 5.41) is 5.82. The van der Waals surface area contributed by atoms with Crippen molar-refractivity contribution in [2.45, 2.75) is 45.1 Å². The summed E-state index contributed by atoms with van der Waals surface area (Å²) in [5.74, 6) is -0.208. The molecule has 5 heteroatoms. The third kappa shape index (κ3) is 5.64. The molecule has 0 spiro atoms. The summed E-state index contributed by atoms with van der Waals surface area (Å²) in [6, 6.07) is 14.0. The molecule has 0 bridgehead atoms. The summed E-state index contributed by atoms with van der Waals surface area (Å²) >= 11 is 0. The molecule has 2 amide bonds. The quantitative estimate of drug-likeness (QED) is 0.769. The van der Waals surface area contributed by atoms with Crippen LogP contribution >= 0.6 is 0 Å². The number of rotatable bonds is 7. The van der Waals surface area contributed by atoms with Gasteiger partial charge in [0.05, 0.1) is 0 Å². The van der Waals surface area contributed by atoms with Gasteiger partial charge >= 0.3 is 0 Å². The summed E-state index contributed by atoms with van der Waals surface area (Å²) in [5.41, 5.74) is 2.22. The zero-order chi connectivity index (χ0) is 19.1. The van der Waals surface area contributed by atoms with Crippen LogP contribution in [0.5, 0.6) is 0 Å². The number of anilines is 1. The van der Waals surface area contributed by atoms with Crippen molar-refractivity contribution >= 4 is 17.5 Å². The summed E-state index contributed by atoms with van der Waals surface area (Å²) in [6.45, 7) is 0.378. The van der Waals surface area contributed by atoms with E-state index in [4.69, 9.17) is 0 Å². The molecule has 0 aliphatic heterocycles. The van der Waals surface area contributed by atoms with Crippen molar-refractivity contribution in [3.8, 4) is 0 Å². The van der Waals surface area contributed by atoms with Crippen molar-refractivity contribution in [2.75, 3.05) is 5.32 Å². The molecule has 27 heavy (non-hydrogen) atoms. The predicted octanol–water partition coefficient (Wildman–Crippen LogP) is 4.20. The highest BCUT2D eigenvalue weighted by molar-refractivity contribution is 5.92. The minimum atomic E-state index is -0.281. The molecular formula is C22H25FN2O2. The van der Waals surface area contributed by atoms with Crippen LogP contribution in [0.3, 0.4) is 0 Å². The molecule has 0 aromatic heterocycles. The molecule has 142 valence electrons. The number of amides is 2. The number of nitrogens with one attached hydrogen (secondary N) is 2. The van der Waals surface area contributed by atoms with Gasteiger partial charge in [-0.05, 0) is 48.6 Å². The Bertz CT molecular complexity index is 800. The maximum Gasteiger partial charge on any atom is 0.227 e. The predicted molar refractivity (Wildman–Crippen MR) is 104 cm³/mol. The van der Waals surface area contributed by atoms with Gasteiger partial charge in [0.1, 0.15) is 5.82 Å². The van der Waals surface area contributed by atoms with Crippen molar-refractivity contribution in [1.29, 1.82) is 0 Å². The summed E-state index contributed by atoms with van der Waals surface area (Å²) in [7, 11) is 0. The molecule has 1 fully saturated rings. The van der Waals surface area contributed by atoms with Gasteiger partial charge < -0.3 is 10.6 Å². The highest BCUT2D eigenvalue weighted by Gasteiger charge is 2.22. The third-order valence-corrected chi connectivity index (χ3v) is 4.99. The average Bonchev–Trinajstić information content (AvgIpc) is 3.21. The molecule has 2 aromatic rings. The molecule has 2 aromatic carbocycles. The highest BCUT2D eigenvalue weighted by Crippen LogP contribution is 2.26. The first-order valence-corrected chi connectivity index (χ1v) is 9.52. The maximum absolute atomic E-state index is 13.6. The zero-order valence-electron chi connectivity index (χ0n) is 15.3. The van der Waals surface area contributed by atoms with Gasteiger partial charge in [0.25, 0.3) is 0 Å². The fraction of sp³-hybridized carbons (Fsp3) is 0.364. The second kappa shape index (κ2) is 9.31. The molecule has 3 rings (SSSR count). The summed E-state index contributed by atoms with van der Waals surface area (Å²) in [4.78, 5) is 24.3.